The number of likely N-dealkylation sites (tertiary alicyclic amines) is 2. The van der Waals surface area contributed by atoms with Crippen LogP contribution in [0.2, 0.25) is 0 Å². The van der Waals surface area contributed by atoms with Gasteiger partial charge in [-0.25, -0.2) is 0 Å². The molecule has 4 heteroatoms. The molecule has 1 aromatic carbocycles. The van der Waals surface area contributed by atoms with Gasteiger partial charge in [-0.15, -0.1) is 0 Å². The van der Waals surface area contributed by atoms with Crippen LogP contribution < -0.4 is 5.32 Å². The third-order valence-electron chi connectivity index (χ3n) is 5.17. The maximum Gasteiger partial charge on any atom is 0.223 e. The molecule has 0 bridgehead atoms. The summed E-state index contributed by atoms with van der Waals surface area (Å²) in [6.45, 7) is 7.29. The Hall–Kier alpha value is -1.39. The van der Waals surface area contributed by atoms with Crippen molar-refractivity contribution >= 4 is 5.91 Å². The minimum atomic E-state index is 0.373. The summed E-state index contributed by atoms with van der Waals surface area (Å²) in [7, 11) is 0. The van der Waals surface area contributed by atoms with E-state index in [0.29, 0.717) is 18.0 Å². The molecule has 2 fully saturated rings. The van der Waals surface area contributed by atoms with E-state index in [1.54, 1.807) is 0 Å². The van der Waals surface area contributed by atoms with E-state index >= 15 is 0 Å². The molecule has 0 radical (unpaired) electrons. The summed E-state index contributed by atoms with van der Waals surface area (Å²) in [5.74, 6) is 0.373. The molecule has 0 saturated carbocycles. The average molecular weight is 315 g/mol. The van der Waals surface area contributed by atoms with Crippen molar-refractivity contribution in [2.24, 2.45) is 0 Å². The van der Waals surface area contributed by atoms with Crippen molar-refractivity contribution in [3.8, 4) is 0 Å². The molecular formula is C19H29N3O. The fraction of sp³-hybridized carbons (Fsp3) is 0.632. The fourth-order valence-corrected chi connectivity index (χ4v) is 4.02. The summed E-state index contributed by atoms with van der Waals surface area (Å²) in [4.78, 5) is 17.1. The minimum Gasteiger partial charge on any atom is -0.335 e. The lowest BCUT2D eigenvalue weighted by Gasteiger charge is -2.31. The number of nitrogens with one attached hydrogen (secondary N) is 1. The van der Waals surface area contributed by atoms with Gasteiger partial charge in [0.2, 0.25) is 5.91 Å². The van der Waals surface area contributed by atoms with Crippen molar-refractivity contribution in [1.82, 2.24) is 15.1 Å². The van der Waals surface area contributed by atoms with Gasteiger partial charge < -0.3 is 10.2 Å². The van der Waals surface area contributed by atoms with E-state index in [2.05, 4.69) is 52.4 Å². The van der Waals surface area contributed by atoms with Gasteiger partial charge in [0.15, 0.2) is 0 Å². The van der Waals surface area contributed by atoms with Crippen LogP contribution in [0.25, 0.3) is 0 Å². The average Bonchev–Trinajstić information content (AvgIpc) is 3.15. The van der Waals surface area contributed by atoms with Crippen molar-refractivity contribution in [3.05, 3.63) is 35.9 Å². The first-order valence-corrected chi connectivity index (χ1v) is 9.06. The molecule has 3 rings (SSSR count). The molecule has 1 aromatic rings. The summed E-state index contributed by atoms with van der Waals surface area (Å²) in [6, 6.07) is 11.5. The van der Waals surface area contributed by atoms with E-state index in [0.717, 1.165) is 58.4 Å². The van der Waals surface area contributed by atoms with Gasteiger partial charge in [0.05, 0.1) is 0 Å². The maximum absolute atomic E-state index is 12.4. The van der Waals surface area contributed by atoms with Gasteiger partial charge in [-0.05, 0) is 37.9 Å². The molecular weight excluding hydrogens is 286 g/mol. The summed E-state index contributed by atoms with van der Waals surface area (Å²) < 4.78 is 0. The highest BCUT2D eigenvalue weighted by Crippen LogP contribution is 2.28. The van der Waals surface area contributed by atoms with Crippen molar-refractivity contribution in [1.29, 1.82) is 0 Å². The minimum absolute atomic E-state index is 0.373. The molecule has 0 aliphatic carbocycles. The predicted molar refractivity (Wildman–Crippen MR) is 93.2 cm³/mol. The third-order valence-corrected chi connectivity index (χ3v) is 5.17. The highest BCUT2D eigenvalue weighted by Gasteiger charge is 2.38. The van der Waals surface area contributed by atoms with Gasteiger partial charge in [0, 0.05) is 38.1 Å². The lowest BCUT2D eigenvalue weighted by atomic mass is 10.1. The molecule has 2 aliphatic rings. The molecule has 0 unspecified atom stereocenters. The topological polar surface area (TPSA) is 35.6 Å². The second-order valence-electron chi connectivity index (χ2n) is 6.80. The molecule has 4 nitrogen and oxygen atoms in total. The Kier molecular flexibility index (Phi) is 5.68. The van der Waals surface area contributed by atoms with Crippen molar-refractivity contribution in [3.63, 3.8) is 0 Å². The molecule has 2 saturated heterocycles. The first-order chi connectivity index (χ1) is 11.3. The lowest BCUT2D eigenvalue weighted by molar-refractivity contribution is -0.131. The van der Waals surface area contributed by atoms with E-state index in [1.807, 2.05) is 0 Å². The second-order valence-corrected chi connectivity index (χ2v) is 6.80. The van der Waals surface area contributed by atoms with Crippen LogP contribution in [0.15, 0.2) is 30.3 Å². The summed E-state index contributed by atoms with van der Waals surface area (Å²) in [6.07, 6.45) is 4.00. The Bertz CT molecular complexity index is 505. The van der Waals surface area contributed by atoms with Crippen LogP contribution in [0.5, 0.6) is 0 Å². The second kappa shape index (κ2) is 7.93. The zero-order valence-electron chi connectivity index (χ0n) is 14.2. The van der Waals surface area contributed by atoms with Gasteiger partial charge in [-0.1, -0.05) is 37.3 Å². The quantitative estimate of drug-likeness (QED) is 0.784. The highest BCUT2D eigenvalue weighted by atomic mass is 16.2. The van der Waals surface area contributed by atoms with Crippen LogP contribution in [0, 0.1) is 0 Å². The van der Waals surface area contributed by atoms with Gasteiger partial charge in [-0.2, -0.15) is 0 Å². The zero-order chi connectivity index (χ0) is 16.1. The number of carbonyl (C=O) groups is 1. The van der Waals surface area contributed by atoms with Crippen LogP contribution in [-0.4, -0.2) is 54.0 Å². The van der Waals surface area contributed by atoms with Crippen molar-refractivity contribution in [2.75, 3.05) is 26.2 Å². The van der Waals surface area contributed by atoms with Crippen molar-refractivity contribution < 1.29 is 4.79 Å². The van der Waals surface area contributed by atoms with Crippen LogP contribution in [0.3, 0.4) is 0 Å². The third kappa shape index (κ3) is 4.12. The van der Waals surface area contributed by atoms with Gasteiger partial charge in [-0.3, -0.25) is 9.69 Å². The Labute approximate surface area is 139 Å². The summed E-state index contributed by atoms with van der Waals surface area (Å²) >= 11 is 0. The first kappa shape index (κ1) is 16.5. The van der Waals surface area contributed by atoms with Crippen molar-refractivity contribution in [2.45, 2.75) is 51.2 Å². The SMILES string of the molecule is CCNCC[C@H]1CCC(=O)N1[C@@H]1CCN(Cc2ccccc2)C1. The number of hydrogen-bond acceptors (Lipinski definition) is 3. The van der Waals surface area contributed by atoms with E-state index in [9.17, 15) is 4.79 Å². The lowest BCUT2D eigenvalue weighted by Crippen LogP contribution is -2.44. The fourth-order valence-electron chi connectivity index (χ4n) is 4.02. The number of amides is 1. The molecule has 1 amide bonds. The van der Waals surface area contributed by atoms with E-state index in [4.69, 9.17) is 0 Å². The molecule has 2 heterocycles. The molecule has 0 aromatic heterocycles. The maximum atomic E-state index is 12.4. The Morgan fingerprint density at radius 2 is 2.04 bits per heavy atom. The summed E-state index contributed by atoms with van der Waals surface area (Å²) in [5, 5.41) is 3.39. The van der Waals surface area contributed by atoms with Gasteiger partial charge in [0.1, 0.15) is 0 Å². The molecule has 126 valence electrons. The van der Waals surface area contributed by atoms with E-state index in [1.165, 1.54) is 5.56 Å². The molecule has 1 N–H and O–H groups in total. The zero-order valence-corrected chi connectivity index (χ0v) is 14.2. The Balaban J connectivity index is 1.55. The predicted octanol–water partition coefficient (Wildman–Crippen LogP) is 2.25. The summed E-state index contributed by atoms with van der Waals surface area (Å²) in [5.41, 5.74) is 1.37. The number of hydrogen-bond donors (Lipinski definition) is 1. The highest BCUT2D eigenvalue weighted by molar-refractivity contribution is 5.79. The van der Waals surface area contributed by atoms with Gasteiger partial charge >= 0.3 is 0 Å². The van der Waals surface area contributed by atoms with Crippen LogP contribution >= 0.6 is 0 Å². The normalized spacial score (nSPS) is 25.4. The van der Waals surface area contributed by atoms with E-state index < -0.39 is 0 Å². The smallest absolute Gasteiger partial charge is 0.223 e. The number of nitrogens with zero attached hydrogens (tertiary/aromatic N) is 2. The molecule has 2 atom stereocenters. The first-order valence-electron chi connectivity index (χ1n) is 9.06. The van der Waals surface area contributed by atoms with E-state index in [-0.39, 0.29) is 0 Å². The molecule has 2 aliphatic heterocycles. The Morgan fingerprint density at radius 3 is 2.83 bits per heavy atom. The largest absolute Gasteiger partial charge is 0.335 e. The van der Waals surface area contributed by atoms with Gasteiger partial charge in [0.25, 0.3) is 0 Å². The van der Waals surface area contributed by atoms with Crippen LogP contribution in [0.1, 0.15) is 38.2 Å². The standard InChI is InChI=1S/C19H29N3O/c1-2-20-12-10-17-8-9-19(23)22(17)18-11-13-21(15-18)14-16-6-4-3-5-7-16/h3-7,17-18,20H,2,8-15H2,1H3/t17-,18-/m1/s1. The molecule has 0 spiro atoms. The molecule has 23 heavy (non-hydrogen) atoms. The van der Waals surface area contributed by atoms with Crippen LogP contribution in [-0.2, 0) is 11.3 Å². The van der Waals surface area contributed by atoms with Crippen LogP contribution in [0.4, 0.5) is 0 Å². The number of rotatable bonds is 7. The monoisotopic (exact) mass is 315 g/mol. The Morgan fingerprint density at radius 1 is 1.22 bits per heavy atom. The number of benzene rings is 1. The number of carbonyl (C=O) groups excluding carboxylic acids is 1.